The number of hydrogen-bond acceptors (Lipinski definition) is 3. The lowest BCUT2D eigenvalue weighted by Gasteiger charge is -2.14. The van der Waals surface area contributed by atoms with Gasteiger partial charge in [-0.3, -0.25) is 4.79 Å². The summed E-state index contributed by atoms with van der Waals surface area (Å²) in [6.45, 7) is 1.83. The fourth-order valence-electron chi connectivity index (χ4n) is 1.26. The van der Waals surface area contributed by atoms with Gasteiger partial charge < -0.3 is 16.2 Å². The molecule has 0 spiro atoms. The summed E-state index contributed by atoms with van der Waals surface area (Å²) >= 11 is 3.29. The number of nitrogens with one attached hydrogen (secondary N) is 1. The minimum atomic E-state index is -0.236. The van der Waals surface area contributed by atoms with Crippen molar-refractivity contribution in [3.63, 3.8) is 0 Å². The number of anilines is 1. The molecule has 0 fully saturated rings. The number of carbonyl (C=O) groups excluding carboxylic acids is 1. The van der Waals surface area contributed by atoms with Crippen LogP contribution in [-0.4, -0.2) is 23.7 Å². The lowest BCUT2D eigenvalue weighted by molar-refractivity contribution is 0.0914. The molecule has 0 saturated heterocycles. The third-order valence-electron chi connectivity index (χ3n) is 2.28. The highest BCUT2D eigenvalue weighted by atomic mass is 79.9. The van der Waals surface area contributed by atoms with E-state index in [-0.39, 0.29) is 18.6 Å². The van der Waals surface area contributed by atoms with E-state index in [1.54, 1.807) is 18.2 Å². The Kier molecular flexibility index (Phi) is 4.76. The summed E-state index contributed by atoms with van der Waals surface area (Å²) in [5, 5.41) is 11.7. The average molecular weight is 287 g/mol. The number of amides is 1. The first-order chi connectivity index (χ1) is 7.58. The van der Waals surface area contributed by atoms with Gasteiger partial charge in [0.1, 0.15) is 0 Å². The van der Waals surface area contributed by atoms with Crippen molar-refractivity contribution in [3.8, 4) is 0 Å². The lowest BCUT2D eigenvalue weighted by Crippen LogP contribution is -2.37. The van der Waals surface area contributed by atoms with E-state index in [2.05, 4.69) is 21.2 Å². The molecule has 0 bridgehead atoms. The highest BCUT2D eigenvalue weighted by Crippen LogP contribution is 2.19. The largest absolute Gasteiger partial charge is 0.399 e. The van der Waals surface area contributed by atoms with Crippen molar-refractivity contribution in [1.82, 2.24) is 5.32 Å². The molecular weight excluding hydrogens is 272 g/mol. The number of aliphatic hydroxyl groups excluding tert-OH is 1. The molecule has 0 aromatic heterocycles. The van der Waals surface area contributed by atoms with Crippen molar-refractivity contribution in [2.45, 2.75) is 19.4 Å². The van der Waals surface area contributed by atoms with Gasteiger partial charge in [-0.15, -0.1) is 0 Å². The summed E-state index contributed by atoms with van der Waals surface area (Å²) < 4.78 is 0.687. The van der Waals surface area contributed by atoms with Crippen molar-refractivity contribution < 1.29 is 9.90 Å². The van der Waals surface area contributed by atoms with E-state index in [1.165, 1.54) is 0 Å². The van der Waals surface area contributed by atoms with Gasteiger partial charge in [0, 0.05) is 10.2 Å². The van der Waals surface area contributed by atoms with E-state index < -0.39 is 0 Å². The Morgan fingerprint density at radius 2 is 2.31 bits per heavy atom. The maximum absolute atomic E-state index is 11.8. The minimum absolute atomic E-state index is 0.0673. The van der Waals surface area contributed by atoms with Crippen molar-refractivity contribution in [3.05, 3.63) is 28.2 Å². The predicted octanol–water partition coefficient (Wildman–Crippen LogP) is 1.53. The fourth-order valence-corrected chi connectivity index (χ4v) is 1.68. The second kappa shape index (κ2) is 5.86. The van der Waals surface area contributed by atoms with Crippen LogP contribution in [0.1, 0.15) is 23.7 Å². The quantitative estimate of drug-likeness (QED) is 0.735. The zero-order chi connectivity index (χ0) is 12.1. The van der Waals surface area contributed by atoms with Crippen LogP contribution >= 0.6 is 15.9 Å². The molecular formula is C11H15BrN2O2. The molecule has 1 aromatic carbocycles. The van der Waals surface area contributed by atoms with Gasteiger partial charge in [0.15, 0.2) is 0 Å². The van der Waals surface area contributed by atoms with Crippen molar-refractivity contribution in [1.29, 1.82) is 0 Å². The van der Waals surface area contributed by atoms with Gasteiger partial charge in [-0.1, -0.05) is 6.92 Å². The Balaban J connectivity index is 2.83. The maximum atomic E-state index is 11.8. The van der Waals surface area contributed by atoms with E-state index in [4.69, 9.17) is 10.8 Å². The summed E-state index contributed by atoms with van der Waals surface area (Å²) in [6.07, 6.45) is 0.683. The Hall–Kier alpha value is -1.07. The highest BCUT2D eigenvalue weighted by molar-refractivity contribution is 9.10. The van der Waals surface area contributed by atoms with Gasteiger partial charge in [0.25, 0.3) is 5.91 Å². The fraction of sp³-hybridized carbons (Fsp3) is 0.364. The van der Waals surface area contributed by atoms with Gasteiger partial charge in [-0.2, -0.15) is 0 Å². The van der Waals surface area contributed by atoms with E-state index in [9.17, 15) is 4.79 Å². The normalized spacial score (nSPS) is 12.2. The zero-order valence-electron chi connectivity index (χ0n) is 9.03. The Bertz CT molecular complexity index is 378. The molecule has 0 radical (unpaired) electrons. The standard InChI is InChI=1S/C11H15BrN2O2/c1-2-8(6-15)14-11(16)9-5-7(13)3-4-10(9)12/h3-5,8,15H,2,6,13H2,1H3,(H,14,16)/t8-/m1/s1. The molecule has 1 atom stereocenters. The van der Waals surface area contributed by atoms with E-state index in [0.717, 1.165) is 0 Å². The number of aliphatic hydroxyl groups is 1. The molecule has 4 nitrogen and oxygen atoms in total. The number of hydrogen-bond donors (Lipinski definition) is 3. The van der Waals surface area contributed by atoms with Crippen LogP contribution in [0.4, 0.5) is 5.69 Å². The number of benzene rings is 1. The first-order valence-electron chi connectivity index (χ1n) is 5.05. The van der Waals surface area contributed by atoms with E-state index in [0.29, 0.717) is 22.1 Å². The molecule has 1 rings (SSSR count). The van der Waals surface area contributed by atoms with E-state index >= 15 is 0 Å². The van der Waals surface area contributed by atoms with Crippen molar-refractivity contribution in [2.75, 3.05) is 12.3 Å². The van der Waals surface area contributed by atoms with Crippen molar-refractivity contribution in [2.24, 2.45) is 0 Å². The average Bonchev–Trinajstić information content (AvgIpc) is 2.28. The number of halogens is 1. The summed E-state index contributed by atoms with van der Waals surface area (Å²) in [4.78, 5) is 11.8. The van der Waals surface area contributed by atoms with Crippen LogP contribution in [0.25, 0.3) is 0 Å². The monoisotopic (exact) mass is 286 g/mol. The molecule has 0 heterocycles. The number of nitrogens with two attached hydrogens (primary N) is 1. The van der Waals surface area contributed by atoms with Crippen LogP contribution in [0.5, 0.6) is 0 Å². The molecule has 1 aromatic rings. The summed E-state index contributed by atoms with van der Waals surface area (Å²) in [7, 11) is 0. The second-order valence-electron chi connectivity index (χ2n) is 3.50. The molecule has 4 N–H and O–H groups in total. The zero-order valence-corrected chi connectivity index (χ0v) is 10.6. The molecule has 1 amide bonds. The molecule has 0 aliphatic heterocycles. The molecule has 16 heavy (non-hydrogen) atoms. The van der Waals surface area contributed by atoms with Crippen LogP contribution in [-0.2, 0) is 0 Å². The molecule has 88 valence electrons. The smallest absolute Gasteiger partial charge is 0.252 e. The van der Waals surface area contributed by atoms with Crippen LogP contribution < -0.4 is 11.1 Å². The van der Waals surface area contributed by atoms with Gasteiger partial charge in [-0.05, 0) is 40.5 Å². The Labute approximate surface area is 103 Å². The first kappa shape index (κ1) is 13.0. The molecule has 0 unspecified atom stereocenters. The summed E-state index contributed by atoms with van der Waals surface area (Å²) in [5.74, 6) is -0.236. The van der Waals surface area contributed by atoms with Gasteiger partial charge in [0.05, 0.1) is 18.2 Å². The van der Waals surface area contributed by atoms with Crippen LogP contribution in [0.2, 0.25) is 0 Å². The minimum Gasteiger partial charge on any atom is -0.399 e. The summed E-state index contributed by atoms with van der Waals surface area (Å²) in [5.41, 5.74) is 6.62. The van der Waals surface area contributed by atoms with Crippen LogP contribution in [0, 0.1) is 0 Å². The Morgan fingerprint density at radius 3 is 2.88 bits per heavy atom. The third-order valence-corrected chi connectivity index (χ3v) is 2.97. The summed E-state index contributed by atoms with van der Waals surface area (Å²) in [6, 6.07) is 4.82. The molecule has 0 aliphatic rings. The van der Waals surface area contributed by atoms with Gasteiger partial charge in [-0.25, -0.2) is 0 Å². The van der Waals surface area contributed by atoms with Crippen LogP contribution in [0.3, 0.4) is 0 Å². The highest BCUT2D eigenvalue weighted by Gasteiger charge is 2.14. The van der Waals surface area contributed by atoms with Crippen molar-refractivity contribution >= 4 is 27.5 Å². The first-order valence-corrected chi connectivity index (χ1v) is 5.84. The number of rotatable bonds is 4. The van der Waals surface area contributed by atoms with Gasteiger partial charge in [0.2, 0.25) is 0 Å². The number of carbonyl (C=O) groups is 1. The second-order valence-corrected chi connectivity index (χ2v) is 4.35. The predicted molar refractivity (Wildman–Crippen MR) is 67.2 cm³/mol. The maximum Gasteiger partial charge on any atom is 0.252 e. The topological polar surface area (TPSA) is 75.3 Å². The third kappa shape index (κ3) is 3.21. The molecule has 0 aliphatic carbocycles. The Morgan fingerprint density at radius 1 is 1.62 bits per heavy atom. The van der Waals surface area contributed by atoms with Gasteiger partial charge >= 0.3 is 0 Å². The molecule has 5 heteroatoms. The SMILES string of the molecule is CC[C@H](CO)NC(=O)c1cc(N)ccc1Br. The number of nitrogen functional groups attached to an aromatic ring is 1. The lowest BCUT2D eigenvalue weighted by atomic mass is 10.1. The molecule has 0 saturated carbocycles. The van der Waals surface area contributed by atoms with Crippen LogP contribution in [0.15, 0.2) is 22.7 Å². The van der Waals surface area contributed by atoms with E-state index in [1.807, 2.05) is 6.92 Å².